The maximum Gasteiger partial charge on any atom is 0.191 e. The zero-order valence-electron chi connectivity index (χ0n) is 10.5. The standard InChI is InChI=1S/C14H18FN3/c1-9-7-16-14(18-9)17-8-12-5-4-11(6-13(12)15)10-2-3-10/h4-6,9-10H,2-3,7-8H2,1H3,(H2,16,17,18). The lowest BCUT2D eigenvalue weighted by Crippen LogP contribution is -2.37. The molecule has 1 unspecified atom stereocenters. The highest BCUT2D eigenvalue weighted by atomic mass is 19.1. The van der Waals surface area contributed by atoms with Crippen LogP contribution in [0.2, 0.25) is 0 Å². The SMILES string of the molecule is CC1CN=C(NCc2ccc(C3CC3)cc2F)N1. The number of halogens is 1. The number of nitrogens with zero attached hydrogens (tertiary/aromatic N) is 1. The van der Waals surface area contributed by atoms with Gasteiger partial charge in [-0.25, -0.2) is 4.39 Å². The van der Waals surface area contributed by atoms with Gasteiger partial charge in [-0.05, 0) is 37.3 Å². The molecule has 1 heterocycles. The smallest absolute Gasteiger partial charge is 0.191 e. The number of aliphatic imine (C=N–C) groups is 1. The van der Waals surface area contributed by atoms with Gasteiger partial charge in [0.15, 0.2) is 5.96 Å². The van der Waals surface area contributed by atoms with Crippen LogP contribution in [0.25, 0.3) is 0 Å². The summed E-state index contributed by atoms with van der Waals surface area (Å²) in [6.07, 6.45) is 2.41. The minimum absolute atomic E-state index is 0.112. The van der Waals surface area contributed by atoms with Crippen molar-refractivity contribution in [3.63, 3.8) is 0 Å². The van der Waals surface area contributed by atoms with Crippen LogP contribution in [0, 0.1) is 5.82 Å². The van der Waals surface area contributed by atoms with Crippen LogP contribution in [0.15, 0.2) is 23.2 Å². The molecule has 0 spiro atoms. The Labute approximate surface area is 106 Å². The maximum absolute atomic E-state index is 13.9. The average Bonchev–Trinajstić information content (AvgIpc) is 3.12. The summed E-state index contributed by atoms with van der Waals surface area (Å²) in [5, 5.41) is 6.33. The fraction of sp³-hybridized carbons (Fsp3) is 0.500. The summed E-state index contributed by atoms with van der Waals surface area (Å²) in [6.45, 7) is 3.34. The lowest BCUT2D eigenvalue weighted by Gasteiger charge is -2.10. The number of hydrogen-bond donors (Lipinski definition) is 2. The quantitative estimate of drug-likeness (QED) is 0.858. The van der Waals surface area contributed by atoms with E-state index in [2.05, 4.69) is 22.5 Å². The van der Waals surface area contributed by atoms with Gasteiger partial charge in [0.1, 0.15) is 5.82 Å². The van der Waals surface area contributed by atoms with Crippen molar-refractivity contribution in [1.29, 1.82) is 0 Å². The van der Waals surface area contributed by atoms with Crippen LogP contribution in [0.5, 0.6) is 0 Å². The Bertz CT molecular complexity index is 480. The monoisotopic (exact) mass is 247 g/mol. The maximum atomic E-state index is 13.9. The fourth-order valence-corrected chi connectivity index (χ4v) is 2.22. The van der Waals surface area contributed by atoms with Crippen LogP contribution >= 0.6 is 0 Å². The van der Waals surface area contributed by atoms with E-state index in [4.69, 9.17) is 0 Å². The van der Waals surface area contributed by atoms with Gasteiger partial charge >= 0.3 is 0 Å². The van der Waals surface area contributed by atoms with E-state index < -0.39 is 0 Å². The van der Waals surface area contributed by atoms with Gasteiger partial charge in [-0.3, -0.25) is 4.99 Å². The normalized spacial score (nSPS) is 22.6. The number of guanidine groups is 1. The predicted molar refractivity (Wildman–Crippen MR) is 70.1 cm³/mol. The first kappa shape index (κ1) is 11.5. The lowest BCUT2D eigenvalue weighted by atomic mass is 10.1. The summed E-state index contributed by atoms with van der Waals surface area (Å²) in [5.74, 6) is 1.26. The fourth-order valence-electron chi connectivity index (χ4n) is 2.22. The van der Waals surface area contributed by atoms with Crippen molar-refractivity contribution in [2.75, 3.05) is 6.54 Å². The molecule has 1 aromatic carbocycles. The van der Waals surface area contributed by atoms with E-state index >= 15 is 0 Å². The van der Waals surface area contributed by atoms with Crippen molar-refractivity contribution in [2.24, 2.45) is 4.99 Å². The summed E-state index contributed by atoms with van der Waals surface area (Å²) in [5.41, 5.74) is 1.84. The van der Waals surface area contributed by atoms with Gasteiger partial charge < -0.3 is 10.6 Å². The van der Waals surface area contributed by atoms with E-state index in [0.29, 0.717) is 24.1 Å². The number of rotatable bonds is 3. The number of benzene rings is 1. The molecule has 0 aromatic heterocycles. The van der Waals surface area contributed by atoms with Crippen molar-refractivity contribution in [3.05, 3.63) is 35.1 Å². The summed E-state index contributed by atoms with van der Waals surface area (Å²) in [4.78, 5) is 4.29. The molecule has 1 aromatic rings. The van der Waals surface area contributed by atoms with Crippen LogP contribution in [0.1, 0.15) is 36.8 Å². The summed E-state index contributed by atoms with van der Waals surface area (Å²) in [6, 6.07) is 5.98. The first-order valence-corrected chi connectivity index (χ1v) is 6.55. The molecule has 1 aliphatic heterocycles. The van der Waals surface area contributed by atoms with Gasteiger partial charge in [0.25, 0.3) is 0 Å². The third-order valence-corrected chi connectivity index (χ3v) is 3.48. The minimum atomic E-state index is -0.112. The molecule has 0 amide bonds. The number of hydrogen-bond acceptors (Lipinski definition) is 3. The summed E-state index contributed by atoms with van der Waals surface area (Å²) >= 11 is 0. The zero-order chi connectivity index (χ0) is 12.5. The molecular weight excluding hydrogens is 229 g/mol. The molecule has 1 aliphatic carbocycles. The Balaban J connectivity index is 1.62. The van der Waals surface area contributed by atoms with Crippen molar-refractivity contribution in [2.45, 2.75) is 38.3 Å². The molecule has 96 valence electrons. The van der Waals surface area contributed by atoms with E-state index in [1.165, 1.54) is 12.8 Å². The van der Waals surface area contributed by atoms with Crippen LogP contribution in [0.3, 0.4) is 0 Å². The van der Waals surface area contributed by atoms with E-state index in [-0.39, 0.29) is 5.82 Å². The Morgan fingerprint density at radius 3 is 2.89 bits per heavy atom. The molecule has 3 rings (SSSR count). The highest BCUT2D eigenvalue weighted by molar-refractivity contribution is 5.81. The van der Waals surface area contributed by atoms with Gasteiger partial charge in [0.05, 0.1) is 6.54 Å². The van der Waals surface area contributed by atoms with E-state index in [1.54, 1.807) is 6.07 Å². The van der Waals surface area contributed by atoms with E-state index in [1.807, 2.05) is 12.1 Å². The molecule has 0 bridgehead atoms. The van der Waals surface area contributed by atoms with Crippen LogP contribution in [-0.2, 0) is 6.54 Å². The van der Waals surface area contributed by atoms with Crippen molar-refractivity contribution in [3.8, 4) is 0 Å². The van der Waals surface area contributed by atoms with Crippen molar-refractivity contribution >= 4 is 5.96 Å². The second-order valence-corrected chi connectivity index (χ2v) is 5.21. The molecule has 1 fully saturated rings. The Hall–Kier alpha value is -1.58. The molecule has 1 saturated carbocycles. The largest absolute Gasteiger partial charge is 0.352 e. The molecule has 2 aliphatic rings. The third kappa shape index (κ3) is 2.47. The highest BCUT2D eigenvalue weighted by Crippen LogP contribution is 2.40. The van der Waals surface area contributed by atoms with Gasteiger partial charge in [0, 0.05) is 18.2 Å². The topological polar surface area (TPSA) is 36.4 Å². The first-order chi connectivity index (χ1) is 8.72. The second kappa shape index (κ2) is 4.59. The summed E-state index contributed by atoms with van der Waals surface area (Å²) in [7, 11) is 0. The van der Waals surface area contributed by atoms with Gasteiger partial charge in [-0.1, -0.05) is 12.1 Å². The van der Waals surface area contributed by atoms with Crippen molar-refractivity contribution < 1.29 is 4.39 Å². The Kier molecular flexibility index (Phi) is 2.94. The third-order valence-electron chi connectivity index (χ3n) is 3.48. The predicted octanol–water partition coefficient (Wildman–Crippen LogP) is 2.14. The van der Waals surface area contributed by atoms with Crippen LogP contribution in [-0.4, -0.2) is 18.5 Å². The molecule has 18 heavy (non-hydrogen) atoms. The second-order valence-electron chi connectivity index (χ2n) is 5.21. The average molecular weight is 247 g/mol. The van der Waals surface area contributed by atoms with Crippen LogP contribution < -0.4 is 10.6 Å². The Morgan fingerprint density at radius 1 is 1.44 bits per heavy atom. The Morgan fingerprint density at radius 2 is 2.28 bits per heavy atom. The highest BCUT2D eigenvalue weighted by Gasteiger charge is 2.24. The van der Waals surface area contributed by atoms with Gasteiger partial charge in [-0.15, -0.1) is 0 Å². The van der Waals surface area contributed by atoms with Gasteiger partial charge in [-0.2, -0.15) is 0 Å². The van der Waals surface area contributed by atoms with Crippen molar-refractivity contribution in [1.82, 2.24) is 10.6 Å². The molecular formula is C14H18FN3. The molecule has 4 heteroatoms. The molecule has 0 radical (unpaired) electrons. The van der Waals surface area contributed by atoms with Crippen LogP contribution in [0.4, 0.5) is 4.39 Å². The zero-order valence-corrected chi connectivity index (χ0v) is 10.5. The molecule has 1 atom stereocenters. The first-order valence-electron chi connectivity index (χ1n) is 6.55. The number of nitrogens with one attached hydrogen (secondary N) is 2. The lowest BCUT2D eigenvalue weighted by molar-refractivity contribution is 0.602. The molecule has 3 nitrogen and oxygen atoms in total. The van der Waals surface area contributed by atoms with Gasteiger partial charge in [0.2, 0.25) is 0 Å². The molecule has 0 saturated heterocycles. The summed E-state index contributed by atoms with van der Waals surface area (Å²) < 4.78 is 13.9. The van der Waals surface area contributed by atoms with E-state index in [9.17, 15) is 4.39 Å². The molecule has 2 N–H and O–H groups in total. The van der Waals surface area contributed by atoms with E-state index in [0.717, 1.165) is 18.1 Å². The minimum Gasteiger partial charge on any atom is -0.352 e.